The van der Waals surface area contributed by atoms with E-state index in [1.54, 1.807) is 13.2 Å². The SMILES string of the molecule is CC1=C(O)/C(=C/[C@H](C)CC/C(C)=C\CC/C(C)=C/CCc2ccoc2)OC1=O. The van der Waals surface area contributed by atoms with Gasteiger partial charge in [-0.05, 0) is 82.9 Å². The number of carbonyl (C=O) groups excluding carboxylic acids is 1. The molecule has 28 heavy (non-hydrogen) atoms. The summed E-state index contributed by atoms with van der Waals surface area (Å²) in [6.45, 7) is 8.00. The second kappa shape index (κ2) is 10.7. The molecule has 0 radical (unpaired) electrons. The molecule has 4 heteroatoms. The predicted molar refractivity (Wildman–Crippen MR) is 112 cm³/mol. The summed E-state index contributed by atoms with van der Waals surface area (Å²) < 4.78 is 10.2. The van der Waals surface area contributed by atoms with Gasteiger partial charge in [-0.3, -0.25) is 0 Å². The number of hydrogen-bond acceptors (Lipinski definition) is 4. The Morgan fingerprint density at radius 2 is 1.89 bits per heavy atom. The van der Waals surface area contributed by atoms with Gasteiger partial charge in [0.25, 0.3) is 0 Å². The third kappa shape index (κ3) is 6.91. The van der Waals surface area contributed by atoms with Crippen LogP contribution in [0.15, 0.2) is 69.5 Å². The molecular weight excluding hydrogens is 352 g/mol. The first-order valence-electron chi connectivity index (χ1n) is 10.0. The summed E-state index contributed by atoms with van der Waals surface area (Å²) in [5, 5.41) is 9.88. The molecule has 0 amide bonds. The van der Waals surface area contributed by atoms with Gasteiger partial charge in [0.05, 0.1) is 18.1 Å². The Kier molecular flexibility index (Phi) is 8.37. The molecule has 1 N–H and O–H groups in total. The lowest BCUT2D eigenvalue weighted by molar-refractivity contribution is -0.133. The van der Waals surface area contributed by atoms with Crippen molar-refractivity contribution in [2.24, 2.45) is 5.92 Å². The molecule has 1 aromatic heterocycles. The van der Waals surface area contributed by atoms with E-state index >= 15 is 0 Å². The summed E-state index contributed by atoms with van der Waals surface area (Å²) in [7, 11) is 0. The maximum absolute atomic E-state index is 11.4. The number of aryl methyl sites for hydroxylation is 1. The Hall–Kier alpha value is -2.49. The topological polar surface area (TPSA) is 59.7 Å². The van der Waals surface area contributed by atoms with Gasteiger partial charge in [0.15, 0.2) is 11.5 Å². The largest absolute Gasteiger partial charge is 0.504 e. The molecule has 0 saturated carbocycles. The minimum Gasteiger partial charge on any atom is -0.504 e. The number of furan rings is 1. The van der Waals surface area contributed by atoms with Crippen LogP contribution in [-0.2, 0) is 16.0 Å². The molecule has 1 aromatic rings. The highest BCUT2D eigenvalue weighted by atomic mass is 16.6. The van der Waals surface area contributed by atoms with Gasteiger partial charge in [-0.2, -0.15) is 0 Å². The lowest BCUT2D eigenvalue weighted by Crippen LogP contribution is -1.98. The first-order chi connectivity index (χ1) is 13.4. The van der Waals surface area contributed by atoms with E-state index in [1.807, 2.05) is 18.4 Å². The molecule has 2 rings (SSSR count). The van der Waals surface area contributed by atoms with Crippen LogP contribution in [0, 0.1) is 5.92 Å². The lowest BCUT2D eigenvalue weighted by atomic mass is 9.99. The van der Waals surface area contributed by atoms with E-state index in [-0.39, 0.29) is 17.3 Å². The summed E-state index contributed by atoms with van der Waals surface area (Å²) >= 11 is 0. The van der Waals surface area contributed by atoms with Gasteiger partial charge in [-0.15, -0.1) is 0 Å². The summed E-state index contributed by atoms with van der Waals surface area (Å²) in [4.78, 5) is 11.4. The van der Waals surface area contributed by atoms with Gasteiger partial charge in [0.2, 0.25) is 0 Å². The normalized spacial score (nSPS) is 18.1. The summed E-state index contributed by atoms with van der Waals surface area (Å²) in [5.74, 6) is 0.0379. The average Bonchev–Trinajstić information content (AvgIpc) is 3.25. The van der Waals surface area contributed by atoms with Crippen LogP contribution in [0.3, 0.4) is 0 Å². The van der Waals surface area contributed by atoms with Crippen LogP contribution in [0.1, 0.15) is 65.4 Å². The monoisotopic (exact) mass is 384 g/mol. The standard InChI is InChI=1S/C24H32O4/c1-17(9-6-10-21-13-14-27-16-21)7-5-8-18(2)11-12-19(3)15-22-23(25)20(4)24(26)28-22/h8-9,13-16,19,25H,5-7,10-12H2,1-4H3/b17-9+,18-8-,22-15-/t19-/m1/s1. The molecule has 0 aromatic carbocycles. The fourth-order valence-corrected chi connectivity index (χ4v) is 3.09. The molecule has 0 unspecified atom stereocenters. The number of carbonyl (C=O) groups is 1. The van der Waals surface area contributed by atoms with Gasteiger partial charge in [0, 0.05) is 0 Å². The van der Waals surface area contributed by atoms with Gasteiger partial charge in [0.1, 0.15) is 0 Å². The minimum absolute atomic E-state index is 0.0286. The minimum atomic E-state index is -0.458. The van der Waals surface area contributed by atoms with E-state index < -0.39 is 5.97 Å². The van der Waals surface area contributed by atoms with Gasteiger partial charge in [-0.25, -0.2) is 4.79 Å². The summed E-state index contributed by atoms with van der Waals surface area (Å²) in [6, 6.07) is 2.02. The highest BCUT2D eigenvalue weighted by molar-refractivity contribution is 5.93. The number of aliphatic hydroxyl groups excluding tert-OH is 1. The van der Waals surface area contributed by atoms with Crippen LogP contribution in [0.4, 0.5) is 0 Å². The number of esters is 1. The number of rotatable bonds is 10. The predicted octanol–water partition coefficient (Wildman–Crippen LogP) is 6.57. The van der Waals surface area contributed by atoms with Crippen LogP contribution in [0.25, 0.3) is 0 Å². The number of cyclic esters (lactones) is 1. The van der Waals surface area contributed by atoms with Crippen LogP contribution in [0.2, 0.25) is 0 Å². The summed E-state index contributed by atoms with van der Waals surface area (Å²) in [6.07, 6.45) is 16.1. The molecule has 0 fully saturated rings. The number of aliphatic hydroxyl groups is 1. The zero-order valence-corrected chi connectivity index (χ0v) is 17.5. The van der Waals surface area contributed by atoms with E-state index in [4.69, 9.17) is 9.15 Å². The van der Waals surface area contributed by atoms with Crippen molar-refractivity contribution < 1.29 is 19.1 Å². The average molecular weight is 385 g/mol. The van der Waals surface area contributed by atoms with E-state index in [0.717, 1.165) is 38.5 Å². The molecule has 0 aliphatic carbocycles. The van der Waals surface area contributed by atoms with Crippen molar-refractivity contribution in [1.82, 2.24) is 0 Å². The van der Waals surface area contributed by atoms with Crippen molar-refractivity contribution in [3.8, 4) is 0 Å². The fourth-order valence-electron chi connectivity index (χ4n) is 3.09. The maximum Gasteiger partial charge on any atom is 0.343 e. The number of ether oxygens (including phenoxy) is 1. The van der Waals surface area contributed by atoms with Crippen LogP contribution in [-0.4, -0.2) is 11.1 Å². The Bertz CT molecular complexity index is 776. The van der Waals surface area contributed by atoms with Crippen molar-refractivity contribution >= 4 is 5.97 Å². The fraction of sp³-hybridized carbons (Fsp3) is 0.458. The van der Waals surface area contributed by atoms with E-state index in [9.17, 15) is 9.90 Å². The molecule has 1 aliphatic heterocycles. The van der Waals surface area contributed by atoms with Gasteiger partial charge >= 0.3 is 5.97 Å². The Labute approximate surface area is 168 Å². The van der Waals surface area contributed by atoms with E-state index in [1.165, 1.54) is 16.7 Å². The van der Waals surface area contributed by atoms with E-state index in [2.05, 4.69) is 32.9 Å². The summed E-state index contributed by atoms with van der Waals surface area (Å²) in [5.41, 5.74) is 4.32. The number of allylic oxidation sites excluding steroid dienone is 5. The molecular formula is C24H32O4. The molecule has 1 aliphatic rings. The molecule has 0 spiro atoms. The first-order valence-corrected chi connectivity index (χ1v) is 10.0. The smallest absolute Gasteiger partial charge is 0.343 e. The Morgan fingerprint density at radius 3 is 2.54 bits per heavy atom. The molecule has 0 bridgehead atoms. The Morgan fingerprint density at radius 1 is 1.18 bits per heavy atom. The van der Waals surface area contributed by atoms with Crippen molar-refractivity contribution in [3.63, 3.8) is 0 Å². The van der Waals surface area contributed by atoms with Gasteiger partial charge in [-0.1, -0.05) is 30.2 Å². The van der Waals surface area contributed by atoms with Crippen LogP contribution >= 0.6 is 0 Å². The second-order valence-corrected chi connectivity index (χ2v) is 7.72. The number of hydrogen-bond donors (Lipinski definition) is 1. The Balaban J connectivity index is 1.68. The third-order valence-corrected chi connectivity index (χ3v) is 5.06. The second-order valence-electron chi connectivity index (χ2n) is 7.72. The zero-order chi connectivity index (χ0) is 20.5. The van der Waals surface area contributed by atoms with Crippen molar-refractivity contribution in [2.45, 2.75) is 66.2 Å². The van der Waals surface area contributed by atoms with E-state index in [0.29, 0.717) is 5.76 Å². The van der Waals surface area contributed by atoms with Crippen molar-refractivity contribution in [2.75, 3.05) is 0 Å². The van der Waals surface area contributed by atoms with Gasteiger partial charge < -0.3 is 14.3 Å². The van der Waals surface area contributed by atoms with Crippen LogP contribution < -0.4 is 0 Å². The quantitative estimate of drug-likeness (QED) is 0.366. The van der Waals surface area contributed by atoms with Crippen LogP contribution in [0.5, 0.6) is 0 Å². The van der Waals surface area contributed by atoms with Crippen molar-refractivity contribution in [3.05, 3.63) is 70.6 Å². The maximum atomic E-state index is 11.4. The zero-order valence-electron chi connectivity index (χ0n) is 17.5. The highest BCUT2D eigenvalue weighted by Gasteiger charge is 2.26. The van der Waals surface area contributed by atoms with Crippen molar-refractivity contribution in [1.29, 1.82) is 0 Å². The molecule has 4 nitrogen and oxygen atoms in total. The third-order valence-electron chi connectivity index (χ3n) is 5.06. The molecule has 152 valence electrons. The molecule has 0 saturated heterocycles. The highest BCUT2D eigenvalue weighted by Crippen LogP contribution is 2.26. The molecule has 2 heterocycles. The first kappa shape index (κ1) is 21.8. The lowest BCUT2D eigenvalue weighted by Gasteiger charge is -2.08. The molecule has 1 atom stereocenters.